The lowest BCUT2D eigenvalue weighted by Crippen LogP contribution is -2.44. The summed E-state index contributed by atoms with van der Waals surface area (Å²) in [5.74, 6) is 1.83. The summed E-state index contributed by atoms with van der Waals surface area (Å²) in [5, 5.41) is 13.3. The van der Waals surface area contributed by atoms with E-state index in [0.29, 0.717) is 24.0 Å². The maximum absolute atomic E-state index is 12.3. The fraction of sp³-hybridized carbons (Fsp3) is 0.750. The third-order valence-electron chi connectivity index (χ3n) is 5.25. The molecule has 2 aliphatic carbocycles. The minimum absolute atomic E-state index is 0.106. The molecule has 0 unspecified atom stereocenters. The average Bonchev–Trinajstić information content (AvgIpc) is 3.37. The quantitative estimate of drug-likeness (QED) is 0.575. The lowest BCUT2D eigenvalue weighted by molar-refractivity contribution is -0.121. The smallest absolute Gasteiger partial charge is 0.273 e. The summed E-state index contributed by atoms with van der Waals surface area (Å²) in [4.78, 5) is 24.3. The van der Waals surface area contributed by atoms with Gasteiger partial charge in [-0.25, -0.2) is 0 Å². The van der Waals surface area contributed by atoms with Crippen LogP contribution in [0.2, 0.25) is 0 Å². The Balaban J connectivity index is 1.32. The van der Waals surface area contributed by atoms with Crippen molar-refractivity contribution in [2.24, 2.45) is 5.92 Å². The zero-order valence-electron chi connectivity index (χ0n) is 16.4. The third kappa shape index (κ3) is 6.34. The zero-order valence-corrected chi connectivity index (χ0v) is 16.4. The van der Waals surface area contributed by atoms with E-state index in [2.05, 4.69) is 35.0 Å². The minimum Gasteiger partial charge on any atom is -0.360 e. The van der Waals surface area contributed by atoms with Crippen LogP contribution in [0.1, 0.15) is 81.0 Å². The Morgan fingerprint density at radius 1 is 1.11 bits per heavy atom. The van der Waals surface area contributed by atoms with Crippen molar-refractivity contribution in [1.82, 2.24) is 21.1 Å². The van der Waals surface area contributed by atoms with Crippen LogP contribution in [0.15, 0.2) is 10.6 Å². The summed E-state index contributed by atoms with van der Waals surface area (Å²) >= 11 is 0. The van der Waals surface area contributed by atoms with Gasteiger partial charge in [0.2, 0.25) is 5.91 Å². The molecular weight excluding hydrogens is 344 g/mol. The molecule has 150 valence electrons. The average molecular weight is 377 g/mol. The van der Waals surface area contributed by atoms with Crippen LogP contribution in [0, 0.1) is 5.92 Å². The van der Waals surface area contributed by atoms with E-state index in [1.54, 1.807) is 6.07 Å². The van der Waals surface area contributed by atoms with Gasteiger partial charge >= 0.3 is 0 Å². The predicted octanol–water partition coefficient (Wildman–Crippen LogP) is 2.34. The van der Waals surface area contributed by atoms with Crippen LogP contribution < -0.4 is 16.0 Å². The first kappa shape index (κ1) is 19.9. The summed E-state index contributed by atoms with van der Waals surface area (Å²) < 4.78 is 5.25. The first-order valence-corrected chi connectivity index (χ1v) is 10.3. The van der Waals surface area contributed by atoms with Gasteiger partial charge in [-0.1, -0.05) is 19.0 Å². The molecule has 0 saturated heterocycles. The topological polar surface area (TPSA) is 96.3 Å². The van der Waals surface area contributed by atoms with E-state index in [0.717, 1.165) is 57.4 Å². The Bertz CT molecular complexity index is 631. The van der Waals surface area contributed by atoms with Crippen molar-refractivity contribution in [3.8, 4) is 0 Å². The van der Waals surface area contributed by atoms with Crippen LogP contribution in [0.25, 0.3) is 0 Å². The molecule has 0 atom stereocenters. The van der Waals surface area contributed by atoms with E-state index in [4.69, 9.17) is 4.52 Å². The number of hydrogen-bond acceptors (Lipinski definition) is 5. The summed E-state index contributed by atoms with van der Waals surface area (Å²) in [6.45, 7) is 5.96. The monoisotopic (exact) mass is 376 g/mol. The molecule has 0 spiro atoms. The summed E-state index contributed by atoms with van der Waals surface area (Å²) in [7, 11) is 0. The van der Waals surface area contributed by atoms with E-state index in [9.17, 15) is 9.59 Å². The molecule has 2 fully saturated rings. The highest BCUT2D eigenvalue weighted by atomic mass is 16.5. The number of amides is 2. The maximum Gasteiger partial charge on any atom is 0.273 e. The molecule has 1 heterocycles. The van der Waals surface area contributed by atoms with Gasteiger partial charge in [0, 0.05) is 37.0 Å². The van der Waals surface area contributed by atoms with E-state index in [-0.39, 0.29) is 23.9 Å². The second-order valence-corrected chi connectivity index (χ2v) is 8.33. The Kier molecular flexibility index (Phi) is 6.88. The van der Waals surface area contributed by atoms with Gasteiger partial charge in [-0.05, 0) is 51.0 Å². The van der Waals surface area contributed by atoms with Crippen LogP contribution in [0.5, 0.6) is 0 Å². The molecule has 1 aromatic heterocycles. The van der Waals surface area contributed by atoms with Gasteiger partial charge in [0.1, 0.15) is 5.76 Å². The molecule has 0 aliphatic heterocycles. The van der Waals surface area contributed by atoms with Gasteiger partial charge in [0.25, 0.3) is 5.91 Å². The van der Waals surface area contributed by atoms with Gasteiger partial charge in [-0.15, -0.1) is 0 Å². The molecule has 3 rings (SSSR count). The van der Waals surface area contributed by atoms with Crippen molar-refractivity contribution < 1.29 is 14.1 Å². The Labute approximate surface area is 161 Å². The summed E-state index contributed by atoms with van der Waals surface area (Å²) in [6.07, 6.45) is 6.29. The van der Waals surface area contributed by atoms with Crippen LogP contribution >= 0.6 is 0 Å². The van der Waals surface area contributed by atoms with Crippen molar-refractivity contribution in [2.75, 3.05) is 13.1 Å². The van der Waals surface area contributed by atoms with Crippen molar-refractivity contribution >= 4 is 11.8 Å². The third-order valence-corrected chi connectivity index (χ3v) is 5.25. The normalized spacial score (nSPS) is 22.6. The standard InChI is InChI=1S/C20H32N4O3/c1-13(2)12-21-10-9-19(25)22-15-5-7-16(8-6-15)23-20(26)17-11-18(27-24-17)14-3-4-14/h11,13-16,21H,3-10,12H2,1-2H3,(H,22,25)(H,23,26). The number of nitrogens with one attached hydrogen (secondary N) is 3. The molecule has 2 amide bonds. The SMILES string of the molecule is CC(C)CNCCC(=O)NC1CCC(NC(=O)c2cc(C3CC3)on2)CC1. The van der Waals surface area contributed by atoms with Crippen molar-refractivity contribution in [2.45, 2.75) is 76.8 Å². The summed E-state index contributed by atoms with van der Waals surface area (Å²) in [6, 6.07) is 2.12. The molecule has 2 saturated carbocycles. The van der Waals surface area contributed by atoms with Gasteiger partial charge in [-0.3, -0.25) is 9.59 Å². The number of aromatic nitrogens is 1. The van der Waals surface area contributed by atoms with Crippen molar-refractivity contribution in [3.05, 3.63) is 17.5 Å². The molecular formula is C20H32N4O3. The lowest BCUT2D eigenvalue weighted by atomic mass is 9.91. The minimum atomic E-state index is -0.158. The molecule has 1 aromatic rings. The number of hydrogen-bond donors (Lipinski definition) is 3. The number of rotatable bonds is 9. The molecule has 0 aromatic carbocycles. The molecule has 2 aliphatic rings. The zero-order chi connectivity index (χ0) is 19.2. The van der Waals surface area contributed by atoms with Crippen LogP contribution in [-0.2, 0) is 4.79 Å². The van der Waals surface area contributed by atoms with Gasteiger partial charge in [-0.2, -0.15) is 0 Å². The van der Waals surface area contributed by atoms with E-state index in [1.807, 2.05) is 0 Å². The highest BCUT2D eigenvalue weighted by molar-refractivity contribution is 5.92. The first-order chi connectivity index (χ1) is 13.0. The van der Waals surface area contributed by atoms with Crippen LogP contribution in [-0.4, -0.2) is 42.1 Å². The molecule has 0 bridgehead atoms. The van der Waals surface area contributed by atoms with E-state index < -0.39 is 0 Å². The molecule has 27 heavy (non-hydrogen) atoms. The lowest BCUT2D eigenvalue weighted by Gasteiger charge is -2.29. The second kappa shape index (κ2) is 9.35. The fourth-order valence-corrected chi connectivity index (χ4v) is 3.49. The number of carbonyl (C=O) groups excluding carboxylic acids is 2. The van der Waals surface area contributed by atoms with Gasteiger partial charge < -0.3 is 20.5 Å². The second-order valence-electron chi connectivity index (χ2n) is 8.33. The molecule has 0 radical (unpaired) electrons. The molecule has 7 nitrogen and oxygen atoms in total. The Hall–Kier alpha value is -1.89. The maximum atomic E-state index is 12.3. The first-order valence-electron chi connectivity index (χ1n) is 10.3. The number of nitrogens with zero attached hydrogens (tertiary/aromatic N) is 1. The predicted molar refractivity (Wildman–Crippen MR) is 102 cm³/mol. The molecule has 7 heteroatoms. The van der Waals surface area contributed by atoms with Crippen molar-refractivity contribution in [1.29, 1.82) is 0 Å². The number of carbonyl (C=O) groups is 2. The Morgan fingerprint density at radius 3 is 2.41 bits per heavy atom. The highest BCUT2D eigenvalue weighted by Crippen LogP contribution is 2.40. The van der Waals surface area contributed by atoms with Crippen LogP contribution in [0.3, 0.4) is 0 Å². The molecule has 3 N–H and O–H groups in total. The summed E-state index contributed by atoms with van der Waals surface area (Å²) in [5.41, 5.74) is 0.376. The largest absolute Gasteiger partial charge is 0.360 e. The van der Waals surface area contributed by atoms with Crippen LogP contribution in [0.4, 0.5) is 0 Å². The van der Waals surface area contributed by atoms with E-state index >= 15 is 0 Å². The van der Waals surface area contributed by atoms with E-state index in [1.165, 1.54) is 0 Å². The van der Waals surface area contributed by atoms with Gasteiger partial charge in [0.15, 0.2) is 5.69 Å². The Morgan fingerprint density at radius 2 is 1.78 bits per heavy atom. The highest BCUT2D eigenvalue weighted by Gasteiger charge is 2.30. The van der Waals surface area contributed by atoms with Crippen molar-refractivity contribution in [3.63, 3.8) is 0 Å². The van der Waals surface area contributed by atoms with Gasteiger partial charge in [0.05, 0.1) is 0 Å². The fourth-order valence-electron chi connectivity index (χ4n) is 3.49.